The highest BCUT2D eigenvalue weighted by atomic mass is 16.5. The van der Waals surface area contributed by atoms with Crippen molar-refractivity contribution in [2.75, 3.05) is 53.0 Å². The predicted molar refractivity (Wildman–Crippen MR) is 81.2 cm³/mol. The van der Waals surface area contributed by atoms with Crippen molar-refractivity contribution in [1.82, 2.24) is 9.80 Å². The first kappa shape index (κ1) is 15.9. The number of methoxy groups -OCH3 is 1. The number of carbonyl (C=O) groups is 1. The number of hydrogen-bond donors (Lipinski definition) is 1. The Morgan fingerprint density at radius 3 is 2.38 bits per heavy atom. The molecule has 0 saturated carbocycles. The van der Waals surface area contributed by atoms with Crippen molar-refractivity contribution in [3.63, 3.8) is 0 Å². The number of aliphatic hydroxyl groups excluding tert-OH is 1. The lowest BCUT2D eigenvalue weighted by Gasteiger charge is -2.35. The zero-order chi connectivity index (χ0) is 15.1. The number of esters is 1. The van der Waals surface area contributed by atoms with Gasteiger partial charge in [0.1, 0.15) is 0 Å². The van der Waals surface area contributed by atoms with Crippen molar-refractivity contribution in [3.05, 3.63) is 35.9 Å². The van der Waals surface area contributed by atoms with Crippen LogP contribution in [0, 0.1) is 0 Å². The van der Waals surface area contributed by atoms with Crippen LogP contribution in [-0.4, -0.2) is 73.9 Å². The largest absolute Gasteiger partial charge is 0.469 e. The summed E-state index contributed by atoms with van der Waals surface area (Å²) < 4.78 is 4.96. The van der Waals surface area contributed by atoms with E-state index in [1.165, 1.54) is 7.11 Å². The zero-order valence-corrected chi connectivity index (χ0v) is 12.6. The van der Waals surface area contributed by atoms with Gasteiger partial charge in [-0.1, -0.05) is 30.3 Å². The number of aliphatic hydroxyl groups is 1. The van der Waals surface area contributed by atoms with Gasteiger partial charge in [0.05, 0.1) is 19.6 Å². The Balaban J connectivity index is 1.96. The van der Waals surface area contributed by atoms with Gasteiger partial charge in [-0.25, -0.2) is 0 Å². The van der Waals surface area contributed by atoms with Crippen molar-refractivity contribution in [1.29, 1.82) is 0 Å². The molecule has 1 atom stereocenters. The SMILES string of the molecule is COC(=O)C(CN1CCN(CCO)CC1)c1ccccc1. The molecule has 1 saturated heterocycles. The maximum atomic E-state index is 12.1. The van der Waals surface area contributed by atoms with Gasteiger partial charge in [0.25, 0.3) is 0 Å². The molecule has 1 fully saturated rings. The summed E-state index contributed by atoms with van der Waals surface area (Å²) in [4.78, 5) is 16.6. The molecule has 21 heavy (non-hydrogen) atoms. The number of piperazine rings is 1. The summed E-state index contributed by atoms with van der Waals surface area (Å²) in [6, 6.07) is 9.80. The minimum Gasteiger partial charge on any atom is -0.469 e. The minimum atomic E-state index is -0.236. The Hall–Kier alpha value is -1.43. The summed E-state index contributed by atoms with van der Waals surface area (Å²) in [7, 11) is 1.44. The van der Waals surface area contributed by atoms with E-state index in [0.29, 0.717) is 6.54 Å². The second kappa shape index (κ2) is 8.12. The second-order valence-corrected chi connectivity index (χ2v) is 5.35. The fourth-order valence-corrected chi connectivity index (χ4v) is 2.74. The molecule has 1 unspecified atom stereocenters. The van der Waals surface area contributed by atoms with Crippen LogP contribution in [0.25, 0.3) is 0 Å². The lowest BCUT2D eigenvalue weighted by atomic mass is 9.98. The van der Waals surface area contributed by atoms with E-state index in [9.17, 15) is 4.79 Å². The van der Waals surface area contributed by atoms with Crippen LogP contribution < -0.4 is 0 Å². The van der Waals surface area contributed by atoms with Gasteiger partial charge >= 0.3 is 5.97 Å². The maximum absolute atomic E-state index is 12.1. The molecule has 0 radical (unpaired) electrons. The summed E-state index contributed by atoms with van der Waals surface area (Å²) in [6.07, 6.45) is 0. The smallest absolute Gasteiger partial charge is 0.314 e. The van der Waals surface area contributed by atoms with Gasteiger partial charge in [-0.05, 0) is 5.56 Å². The quantitative estimate of drug-likeness (QED) is 0.776. The maximum Gasteiger partial charge on any atom is 0.314 e. The first-order chi connectivity index (χ1) is 10.2. The second-order valence-electron chi connectivity index (χ2n) is 5.35. The monoisotopic (exact) mass is 292 g/mol. The Morgan fingerprint density at radius 1 is 1.19 bits per heavy atom. The van der Waals surface area contributed by atoms with E-state index in [0.717, 1.165) is 38.3 Å². The lowest BCUT2D eigenvalue weighted by Crippen LogP contribution is -2.48. The van der Waals surface area contributed by atoms with Crippen molar-refractivity contribution >= 4 is 5.97 Å². The van der Waals surface area contributed by atoms with Crippen LogP contribution in [0.5, 0.6) is 0 Å². The molecule has 1 aliphatic rings. The van der Waals surface area contributed by atoms with Gasteiger partial charge in [-0.2, -0.15) is 0 Å². The topological polar surface area (TPSA) is 53.0 Å². The summed E-state index contributed by atoms with van der Waals surface area (Å²) in [5.41, 5.74) is 1.00. The standard InChI is InChI=1S/C16H24N2O3/c1-21-16(20)15(14-5-3-2-4-6-14)13-18-9-7-17(8-10-18)11-12-19/h2-6,15,19H,7-13H2,1H3. The molecule has 1 aromatic rings. The molecule has 1 aromatic carbocycles. The number of hydrogen-bond acceptors (Lipinski definition) is 5. The number of β-amino-alcohol motifs (C(OH)–C–C–N with tert-alkyl or cyclic N) is 1. The van der Waals surface area contributed by atoms with Crippen molar-refractivity contribution in [2.24, 2.45) is 0 Å². The summed E-state index contributed by atoms with van der Waals surface area (Å²) >= 11 is 0. The van der Waals surface area contributed by atoms with Crippen LogP contribution in [0.4, 0.5) is 0 Å². The van der Waals surface area contributed by atoms with Gasteiger partial charge in [-0.3, -0.25) is 14.6 Å². The van der Waals surface area contributed by atoms with Crippen LogP contribution in [0.1, 0.15) is 11.5 Å². The highest BCUT2D eigenvalue weighted by Gasteiger charge is 2.26. The number of benzene rings is 1. The Kier molecular flexibility index (Phi) is 6.17. The van der Waals surface area contributed by atoms with Crippen LogP contribution in [-0.2, 0) is 9.53 Å². The molecule has 116 valence electrons. The molecule has 0 spiro atoms. The fraction of sp³-hybridized carbons (Fsp3) is 0.562. The first-order valence-corrected chi connectivity index (χ1v) is 7.43. The molecular formula is C16H24N2O3. The molecule has 1 aliphatic heterocycles. The zero-order valence-electron chi connectivity index (χ0n) is 12.6. The third-order valence-electron chi connectivity index (χ3n) is 4.01. The molecular weight excluding hydrogens is 268 g/mol. The van der Waals surface area contributed by atoms with E-state index in [2.05, 4.69) is 9.80 Å². The van der Waals surface area contributed by atoms with E-state index < -0.39 is 0 Å². The van der Waals surface area contributed by atoms with Crippen molar-refractivity contribution < 1.29 is 14.6 Å². The van der Waals surface area contributed by atoms with E-state index in [4.69, 9.17) is 9.84 Å². The molecule has 0 aliphatic carbocycles. The molecule has 2 rings (SSSR count). The van der Waals surface area contributed by atoms with Crippen LogP contribution in [0.2, 0.25) is 0 Å². The molecule has 0 aromatic heterocycles. The lowest BCUT2D eigenvalue weighted by molar-refractivity contribution is -0.143. The molecule has 5 nitrogen and oxygen atoms in total. The van der Waals surface area contributed by atoms with Crippen LogP contribution in [0.3, 0.4) is 0 Å². The van der Waals surface area contributed by atoms with Gasteiger partial charge in [-0.15, -0.1) is 0 Å². The Morgan fingerprint density at radius 2 is 1.81 bits per heavy atom. The van der Waals surface area contributed by atoms with Crippen LogP contribution in [0.15, 0.2) is 30.3 Å². The van der Waals surface area contributed by atoms with E-state index in [-0.39, 0.29) is 18.5 Å². The molecule has 0 amide bonds. The van der Waals surface area contributed by atoms with Gasteiger partial charge in [0.15, 0.2) is 0 Å². The molecule has 1 N–H and O–H groups in total. The van der Waals surface area contributed by atoms with E-state index >= 15 is 0 Å². The fourth-order valence-electron chi connectivity index (χ4n) is 2.74. The highest BCUT2D eigenvalue weighted by Crippen LogP contribution is 2.19. The average molecular weight is 292 g/mol. The summed E-state index contributed by atoms with van der Waals surface area (Å²) in [6.45, 7) is 5.32. The van der Waals surface area contributed by atoms with Crippen molar-refractivity contribution in [3.8, 4) is 0 Å². The molecule has 5 heteroatoms. The highest BCUT2D eigenvalue weighted by molar-refractivity contribution is 5.78. The number of ether oxygens (including phenoxy) is 1. The first-order valence-electron chi connectivity index (χ1n) is 7.43. The minimum absolute atomic E-state index is 0.181. The van der Waals surface area contributed by atoms with E-state index in [1.807, 2.05) is 30.3 Å². The number of nitrogens with zero attached hydrogens (tertiary/aromatic N) is 2. The van der Waals surface area contributed by atoms with Crippen LogP contribution >= 0.6 is 0 Å². The third kappa shape index (κ3) is 4.52. The third-order valence-corrected chi connectivity index (χ3v) is 4.01. The summed E-state index contributed by atoms with van der Waals surface area (Å²) in [5, 5.41) is 8.97. The summed E-state index contributed by atoms with van der Waals surface area (Å²) in [5.74, 6) is -0.417. The molecule has 0 bridgehead atoms. The number of carbonyl (C=O) groups excluding carboxylic acids is 1. The Labute approximate surface area is 126 Å². The van der Waals surface area contributed by atoms with E-state index in [1.54, 1.807) is 0 Å². The normalized spacial score (nSPS) is 18.4. The Bertz CT molecular complexity index is 430. The van der Waals surface area contributed by atoms with Gasteiger partial charge in [0.2, 0.25) is 0 Å². The van der Waals surface area contributed by atoms with Crippen molar-refractivity contribution in [2.45, 2.75) is 5.92 Å². The molecule has 1 heterocycles. The predicted octanol–water partition coefficient (Wildman–Crippen LogP) is 0.553. The average Bonchev–Trinajstić information content (AvgIpc) is 2.54. The van der Waals surface area contributed by atoms with Gasteiger partial charge in [0, 0.05) is 39.3 Å². The van der Waals surface area contributed by atoms with Gasteiger partial charge < -0.3 is 9.84 Å². The number of rotatable bonds is 6.